The van der Waals surface area contributed by atoms with Crippen LogP contribution in [0.3, 0.4) is 0 Å². The Bertz CT molecular complexity index is 3240. The smallest absolute Gasteiger partial charge is 0.302 e. The Labute approximate surface area is 616 Å². The fourth-order valence-corrected chi connectivity index (χ4v) is 10.1. The summed E-state index contributed by atoms with van der Waals surface area (Å²) in [5.74, 6) is 3.35. The SMILES string of the molecule is C.C.C.C.C.C.CCC(C)(C)c1ccc(OCCOc2c(C(C)OC)cc(C(C)(C)C)cc2C(C)OC)cc1.CCC(C)c1ccc(OCCOc2c(COC(C)=O)cc(F)cc2COC(C)=O)cc1.CCC(C)c1ccc(OCCOc2c(COC)cc(COC)cc2COC)c(C(C)=O)c1. The van der Waals surface area contributed by atoms with Crippen LogP contribution in [0.2, 0.25) is 0 Å². The zero-order chi connectivity index (χ0) is 71.1. The van der Waals surface area contributed by atoms with E-state index in [9.17, 15) is 18.8 Å². The fraction of sp³-hybridized carbons (Fsp3) is 0.541. The van der Waals surface area contributed by atoms with E-state index in [2.05, 4.69) is 93.5 Å². The van der Waals surface area contributed by atoms with Crippen LogP contribution in [-0.2, 0) is 86.6 Å². The average Bonchev–Trinajstić information content (AvgIpc) is 0.789. The Kier molecular flexibility index (Phi) is 48.3. The predicted molar refractivity (Wildman–Crippen MR) is 415 cm³/mol. The van der Waals surface area contributed by atoms with Crippen molar-refractivity contribution in [3.05, 3.63) is 176 Å². The molecule has 102 heavy (non-hydrogen) atoms. The topological polar surface area (TPSA) is 171 Å². The van der Waals surface area contributed by atoms with Gasteiger partial charge in [-0.05, 0) is 163 Å². The first-order valence-corrected chi connectivity index (χ1v) is 33.2. The highest BCUT2D eigenvalue weighted by Crippen LogP contribution is 2.40. The first-order valence-electron chi connectivity index (χ1n) is 33.2. The lowest BCUT2D eigenvalue weighted by Gasteiger charge is -2.27. The molecule has 6 aromatic rings. The summed E-state index contributed by atoms with van der Waals surface area (Å²) in [4.78, 5) is 34.5. The zero-order valence-electron chi connectivity index (χ0n) is 60.9. The second kappa shape index (κ2) is 50.0. The zero-order valence-corrected chi connectivity index (χ0v) is 60.9. The maximum Gasteiger partial charge on any atom is 0.302 e. The molecule has 0 saturated heterocycles. The lowest BCUT2D eigenvalue weighted by Crippen LogP contribution is -2.17. The minimum absolute atomic E-state index is 0. The number of carbonyl (C=O) groups is 3. The molecule has 0 saturated carbocycles. The third-order valence-corrected chi connectivity index (χ3v) is 16.8. The minimum Gasteiger partial charge on any atom is -0.490 e. The molecule has 4 atom stereocenters. The van der Waals surface area contributed by atoms with Crippen LogP contribution in [-0.4, -0.2) is 92.9 Å². The molecule has 0 aromatic heterocycles. The summed E-state index contributed by atoms with van der Waals surface area (Å²) in [5, 5.41) is 0. The van der Waals surface area contributed by atoms with Crippen molar-refractivity contribution in [1.29, 1.82) is 0 Å². The Balaban J connectivity index is -0.00000140. The number of esters is 2. The van der Waals surface area contributed by atoms with E-state index < -0.39 is 17.8 Å². The number of carbonyl (C=O) groups excluding carboxylic acids is 3. The number of hydrogen-bond donors (Lipinski definition) is 0. The molecule has 0 N–H and O–H groups in total. The van der Waals surface area contributed by atoms with Crippen LogP contribution < -0.4 is 28.4 Å². The van der Waals surface area contributed by atoms with Crippen molar-refractivity contribution < 1.29 is 80.4 Å². The van der Waals surface area contributed by atoms with E-state index in [0.717, 1.165) is 75.6 Å². The minimum atomic E-state index is -0.547. The van der Waals surface area contributed by atoms with Crippen LogP contribution in [0.15, 0.2) is 103 Å². The fourth-order valence-electron chi connectivity index (χ4n) is 10.1. The van der Waals surface area contributed by atoms with Gasteiger partial charge in [0, 0.05) is 82.8 Å². The molecule has 0 heterocycles. The van der Waals surface area contributed by atoms with Gasteiger partial charge in [0.25, 0.3) is 0 Å². The maximum atomic E-state index is 14.0. The van der Waals surface area contributed by atoms with Crippen molar-refractivity contribution in [1.82, 2.24) is 0 Å². The molecule has 0 radical (unpaired) electrons. The Morgan fingerprint density at radius 3 is 1.20 bits per heavy atom. The highest BCUT2D eigenvalue weighted by atomic mass is 19.1. The monoisotopic (exact) mass is 1430 g/mol. The Morgan fingerprint density at radius 2 is 0.814 bits per heavy atom. The molecule has 0 fully saturated rings. The molecule has 0 bridgehead atoms. The third-order valence-electron chi connectivity index (χ3n) is 16.8. The number of halogens is 1. The summed E-state index contributed by atoms with van der Waals surface area (Å²) in [6, 6.07) is 33.0. The van der Waals surface area contributed by atoms with E-state index in [4.69, 9.17) is 61.6 Å². The number of hydrogen-bond acceptors (Lipinski definition) is 16. The van der Waals surface area contributed by atoms with Gasteiger partial charge in [0.15, 0.2) is 5.78 Å². The number of Topliss-reactive ketones (excluding diaryl/α,β-unsaturated/α-hetero) is 1. The summed E-state index contributed by atoms with van der Waals surface area (Å²) in [5.41, 5.74) is 11.4. The van der Waals surface area contributed by atoms with Crippen molar-refractivity contribution in [3.8, 4) is 34.5 Å². The van der Waals surface area contributed by atoms with Gasteiger partial charge in [-0.15, -0.1) is 0 Å². The van der Waals surface area contributed by atoms with Gasteiger partial charge in [0.05, 0.1) is 37.6 Å². The number of benzene rings is 6. The Hall–Kier alpha value is -7.54. The third kappa shape index (κ3) is 31.6. The molecule has 6 aromatic carbocycles. The second-order valence-electron chi connectivity index (χ2n) is 25.5. The molecule has 17 heteroatoms. The van der Waals surface area contributed by atoms with Crippen molar-refractivity contribution in [3.63, 3.8) is 0 Å². The standard InChI is InChI=1S/C29H44O4.C26H36O6.C24H29FO6.6CH4/c1-11-29(7,8)22-12-14-24(15-13-22)32-16-17-33-27-25(20(2)30-9)18-23(28(4,5)6)19-26(27)21(3)31-10;1-7-18(2)21-8-9-25(24(14-21)19(3)27)31-10-11-32-26-22(16-29-5)12-20(15-28-4)13-23(26)17-30-6;1-5-16(2)19-6-8-23(9-7-19)28-10-11-29-24-20(14-30-17(3)26)12-22(25)13-21(24)15-31-18(4)27;;;;;;/h12-15,18-21H,11,16-17H2,1-10H3;8-9,12-14,18H,7,10-11,15-17H2,1-6H3;6-9,12-13,16H,5,10-11,14-15H2,1-4H3;6*1H4. The quantitative estimate of drug-likeness (QED) is 0.0206. The van der Waals surface area contributed by atoms with E-state index in [1.54, 1.807) is 42.5 Å². The molecule has 0 aliphatic heterocycles. The summed E-state index contributed by atoms with van der Waals surface area (Å²) in [7, 11) is 8.42. The lowest BCUT2D eigenvalue weighted by atomic mass is 9.82. The number of ketones is 1. The van der Waals surface area contributed by atoms with Crippen LogP contribution in [0.25, 0.3) is 0 Å². The molecule has 4 unspecified atom stereocenters. The number of rotatable bonds is 36. The lowest BCUT2D eigenvalue weighted by molar-refractivity contribution is -0.142. The van der Waals surface area contributed by atoms with Gasteiger partial charge in [0.1, 0.15) is 93.2 Å². The average molecular weight is 1430 g/mol. The van der Waals surface area contributed by atoms with Crippen LogP contribution in [0.1, 0.15) is 263 Å². The van der Waals surface area contributed by atoms with Gasteiger partial charge >= 0.3 is 11.9 Å². The molecule has 0 amide bonds. The number of ether oxygens (including phenoxy) is 13. The molecule has 0 aliphatic carbocycles. The van der Waals surface area contributed by atoms with Gasteiger partial charge in [-0.3, -0.25) is 14.4 Å². The molecular formula is C85H133FO16. The van der Waals surface area contributed by atoms with E-state index in [1.165, 1.54) is 42.7 Å². The van der Waals surface area contributed by atoms with Crippen LogP contribution >= 0.6 is 0 Å². The van der Waals surface area contributed by atoms with Gasteiger partial charge in [-0.25, -0.2) is 4.39 Å². The molecule has 16 nitrogen and oxygen atoms in total. The predicted octanol–water partition coefficient (Wildman–Crippen LogP) is 21.6. The van der Waals surface area contributed by atoms with Crippen molar-refractivity contribution in [2.45, 2.75) is 236 Å². The number of methoxy groups -OCH3 is 5. The largest absolute Gasteiger partial charge is 0.490 e. The van der Waals surface area contributed by atoms with Crippen LogP contribution in [0, 0.1) is 5.82 Å². The van der Waals surface area contributed by atoms with Crippen molar-refractivity contribution in [2.24, 2.45) is 0 Å². The summed E-state index contributed by atoms with van der Waals surface area (Å²) >= 11 is 0. The van der Waals surface area contributed by atoms with Gasteiger partial charge in [-0.1, -0.05) is 144 Å². The maximum absolute atomic E-state index is 14.0. The van der Waals surface area contributed by atoms with Crippen molar-refractivity contribution >= 4 is 17.7 Å². The normalized spacial score (nSPS) is 11.8. The molecule has 576 valence electrons. The molecular weight excluding hydrogens is 1300 g/mol. The highest BCUT2D eigenvalue weighted by Gasteiger charge is 2.26. The van der Waals surface area contributed by atoms with Gasteiger partial charge in [0.2, 0.25) is 0 Å². The van der Waals surface area contributed by atoms with E-state index in [0.29, 0.717) is 86.3 Å². The summed E-state index contributed by atoms with van der Waals surface area (Å²) in [6.45, 7) is 33.1. The Morgan fingerprint density at radius 1 is 0.431 bits per heavy atom. The highest BCUT2D eigenvalue weighted by molar-refractivity contribution is 5.97. The molecule has 0 aliphatic rings. The van der Waals surface area contributed by atoms with Gasteiger partial charge in [-0.2, -0.15) is 0 Å². The first-order chi connectivity index (χ1) is 45.7. The van der Waals surface area contributed by atoms with Gasteiger partial charge < -0.3 is 61.6 Å². The summed E-state index contributed by atoms with van der Waals surface area (Å²) in [6.07, 6.45) is 2.99. The molecule has 6 rings (SSSR count). The first kappa shape index (κ1) is 98.6. The van der Waals surface area contributed by atoms with Crippen molar-refractivity contribution in [2.75, 3.05) is 75.2 Å². The van der Waals surface area contributed by atoms with Crippen LogP contribution in [0.5, 0.6) is 34.5 Å². The van der Waals surface area contributed by atoms with Crippen LogP contribution in [0.4, 0.5) is 4.39 Å². The summed E-state index contributed by atoms with van der Waals surface area (Å²) < 4.78 is 87.2. The van der Waals surface area contributed by atoms with E-state index in [1.807, 2.05) is 80.6 Å². The van der Waals surface area contributed by atoms with E-state index in [-0.39, 0.29) is 99.8 Å². The second-order valence-corrected chi connectivity index (χ2v) is 25.5. The molecule has 0 spiro atoms. The van der Waals surface area contributed by atoms with E-state index >= 15 is 0 Å².